The average Bonchev–Trinajstić information content (AvgIpc) is 2.80. The fourth-order valence-electron chi connectivity index (χ4n) is 1.78. The zero-order valence-electron chi connectivity index (χ0n) is 10.4. The minimum absolute atomic E-state index is 0.695. The summed E-state index contributed by atoms with van der Waals surface area (Å²) in [5, 5.41) is 0. The molecule has 1 N–H and O–H groups in total. The van der Waals surface area contributed by atoms with Gasteiger partial charge < -0.3 is 9.72 Å². The molecule has 0 aliphatic heterocycles. The molecule has 0 saturated carbocycles. The maximum atomic E-state index is 5.41. The molecule has 0 atom stereocenters. The summed E-state index contributed by atoms with van der Waals surface area (Å²) < 4.78 is 5.41. The number of aromatic amines is 1. The van der Waals surface area contributed by atoms with Crippen LogP contribution in [0.3, 0.4) is 0 Å². The van der Waals surface area contributed by atoms with Crippen LogP contribution in [0.2, 0.25) is 0 Å². The fourth-order valence-corrected chi connectivity index (χ4v) is 1.78. The molecule has 90 valence electrons. The van der Waals surface area contributed by atoms with E-state index in [1.807, 2.05) is 37.4 Å². The first kappa shape index (κ1) is 11.7. The summed E-state index contributed by atoms with van der Waals surface area (Å²) in [4.78, 5) is 7.71. The van der Waals surface area contributed by atoms with E-state index < -0.39 is 0 Å². The van der Waals surface area contributed by atoms with Crippen molar-refractivity contribution >= 4 is 0 Å². The number of H-pyrrole nitrogens is 1. The first-order valence-electron chi connectivity index (χ1n) is 6.10. The third-order valence-corrected chi connectivity index (χ3v) is 2.59. The summed E-state index contributed by atoms with van der Waals surface area (Å²) in [6.45, 7) is 4.84. The second kappa shape index (κ2) is 5.53. The highest BCUT2D eigenvalue weighted by Gasteiger charge is 2.03. The fraction of sp³-hybridized carbons (Fsp3) is 0.357. The maximum Gasteiger partial charge on any atom is 0.137 e. The molecule has 3 heteroatoms. The summed E-state index contributed by atoms with van der Waals surface area (Å²) in [6.07, 6.45) is 4.09. The molecule has 0 fully saturated rings. The molecule has 3 nitrogen and oxygen atoms in total. The standard InChI is InChI=1S/C14H18N2O/c1-3-5-12-10-15-14(16-12)11-6-8-13(9-7-11)17-4-2/h6-10H,3-5H2,1-2H3,(H,15,16). The van der Waals surface area contributed by atoms with Gasteiger partial charge in [0.1, 0.15) is 11.6 Å². The normalized spacial score (nSPS) is 10.5. The third-order valence-electron chi connectivity index (χ3n) is 2.59. The molecule has 0 saturated heterocycles. The quantitative estimate of drug-likeness (QED) is 0.854. The Morgan fingerprint density at radius 3 is 2.59 bits per heavy atom. The molecule has 2 rings (SSSR count). The molecule has 0 spiro atoms. The highest BCUT2D eigenvalue weighted by atomic mass is 16.5. The Morgan fingerprint density at radius 2 is 1.94 bits per heavy atom. The van der Waals surface area contributed by atoms with Gasteiger partial charge in [0.25, 0.3) is 0 Å². The topological polar surface area (TPSA) is 37.9 Å². The number of imidazole rings is 1. The van der Waals surface area contributed by atoms with Crippen molar-refractivity contribution < 1.29 is 4.74 Å². The van der Waals surface area contributed by atoms with E-state index in [1.165, 1.54) is 5.69 Å². The van der Waals surface area contributed by atoms with Crippen molar-refractivity contribution in [3.05, 3.63) is 36.2 Å². The lowest BCUT2D eigenvalue weighted by Gasteiger charge is -2.03. The minimum Gasteiger partial charge on any atom is -0.494 e. The van der Waals surface area contributed by atoms with Crippen LogP contribution in [0.25, 0.3) is 11.4 Å². The van der Waals surface area contributed by atoms with E-state index >= 15 is 0 Å². The summed E-state index contributed by atoms with van der Waals surface area (Å²) in [6, 6.07) is 8.00. The predicted molar refractivity (Wildman–Crippen MR) is 69.2 cm³/mol. The third kappa shape index (κ3) is 2.87. The predicted octanol–water partition coefficient (Wildman–Crippen LogP) is 3.43. The lowest BCUT2D eigenvalue weighted by atomic mass is 10.2. The SMILES string of the molecule is CCCc1cnc(-c2ccc(OCC)cc2)[nH]1. The van der Waals surface area contributed by atoms with Crippen molar-refractivity contribution in [2.75, 3.05) is 6.61 Å². The van der Waals surface area contributed by atoms with Gasteiger partial charge in [-0.05, 0) is 37.6 Å². The molecular formula is C14H18N2O. The number of ether oxygens (including phenoxy) is 1. The summed E-state index contributed by atoms with van der Waals surface area (Å²) in [5.74, 6) is 1.83. The van der Waals surface area contributed by atoms with Crippen molar-refractivity contribution in [1.29, 1.82) is 0 Å². The van der Waals surface area contributed by atoms with Gasteiger partial charge in [0.05, 0.1) is 6.61 Å². The van der Waals surface area contributed by atoms with Crippen LogP contribution in [0, 0.1) is 0 Å². The number of hydrogen-bond donors (Lipinski definition) is 1. The van der Waals surface area contributed by atoms with Crippen LogP contribution in [0.1, 0.15) is 26.0 Å². The lowest BCUT2D eigenvalue weighted by Crippen LogP contribution is -1.91. The Balaban J connectivity index is 2.15. The van der Waals surface area contributed by atoms with E-state index in [-0.39, 0.29) is 0 Å². The second-order valence-corrected chi connectivity index (χ2v) is 3.96. The van der Waals surface area contributed by atoms with Gasteiger partial charge in [-0.1, -0.05) is 13.3 Å². The van der Waals surface area contributed by atoms with E-state index in [0.29, 0.717) is 6.61 Å². The number of nitrogens with zero attached hydrogens (tertiary/aromatic N) is 1. The average molecular weight is 230 g/mol. The van der Waals surface area contributed by atoms with Crippen LogP contribution in [-0.2, 0) is 6.42 Å². The van der Waals surface area contributed by atoms with E-state index in [4.69, 9.17) is 4.74 Å². The van der Waals surface area contributed by atoms with Crippen LogP contribution in [0.15, 0.2) is 30.5 Å². The molecule has 1 heterocycles. The van der Waals surface area contributed by atoms with Crippen LogP contribution >= 0.6 is 0 Å². The summed E-state index contributed by atoms with van der Waals surface area (Å²) in [5.41, 5.74) is 2.28. The lowest BCUT2D eigenvalue weighted by molar-refractivity contribution is 0.340. The van der Waals surface area contributed by atoms with Gasteiger partial charge in [-0.3, -0.25) is 0 Å². The molecule has 0 aliphatic rings. The number of rotatable bonds is 5. The molecule has 0 radical (unpaired) electrons. The van der Waals surface area contributed by atoms with Gasteiger partial charge in [0.15, 0.2) is 0 Å². The van der Waals surface area contributed by atoms with Gasteiger partial charge >= 0.3 is 0 Å². The zero-order chi connectivity index (χ0) is 12.1. The smallest absolute Gasteiger partial charge is 0.137 e. The largest absolute Gasteiger partial charge is 0.494 e. The molecule has 0 unspecified atom stereocenters. The van der Waals surface area contributed by atoms with Crippen LogP contribution in [-0.4, -0.2) is 16.6 Å². The molecule has 0 amide bonds. The van der Waals surface area contributed by atoms with Crippen molar-refractivity contribution in [3.8, 4) is 17.1 Å². The van der Waals surface area contributed by atoms with E-state index in [1.54, 1.807) is 0 Å². The molecule has 1 aromatic heterocycles. The number of nitrogens with one attached hydrogen (secondary N) is 1. The summed E-state index contributed by atoms with van der Waals surface area (Å²) in [7, 11) is 0. The molecule has 17 heavy (non-hydrogen) atoms. The van der Waals surface area contributed by atoms with Gasteiger partial charge in [-0.2, -0.15) is 0 Å². The Labute approximate surface area is 102 Å². The highest BCUT2D eigenvalue weighted by Crippen LogP contribution is 2.20. The second-order valence-electron chi connectivity index (χ2n) is 3.96. The number of benzene rings is 1. The first-order valence-corrected chi connectivity index (χ1v) is 6.10. The van der Waals surface area contributed by atoms with Gasteiger partial charge in [0, 0.05) is 17.5 Å². The van der Waals surface area contributed by atoms with Gasteiger partial charge in [-0.25, -0.2) is 4.98 Å². The summed E-state index contributed by atoms with van der Waals surface area (Å²) >= 11 is 0. The van der Waals surface area contributed by atoms with E-state index in [9.17, 15) is 0 Å². The molecule has 0 aliphatic carbocycles. The zero-order valence-corrected chi connectivity index (χ0v) is 10.4. The molecular weight excluding hydrogens is 212 g/mol. The Bertz CT molecular complexity index is 459. The Kier molecular flexibility index (Phi) is 3.81. The number of aromatic nitrogens is 2. The van der Waals surface area contributed by atoms with E-state index in [2.05, 4.69) is 16.9 Å². The Hall–Kier alpha value is -1.77. The van der Waals surface area contributed by atoms with Crippen molar-refractivity contribution in [2.45, 2.75) is 26.7 Å². The monoisotopic (exact) mass is 230 g/mol. The molecule has 0 bridgehead atoms. The number of aryl methyl sites for hydroxylation is 1. The molecule has 2 aromatic rings. The van der Waals surface area contributed by atoms with Crippen LogP contribution in [0.4, 0.5) is 0 Å². The maximum absolute atomic E-state index is 5.41. The number of hydrogen-bond acceptors (Lipinski definition) is 2. The van der Waals surface area contributed by atoms with E-state index in [0.717, 1.165) is 30.0 Å². The highest BCUT2D eigenvalue weighted by molar-refractivity contribution is 5.56. The van der Waals surface area contributed by atoms with Crippen LogP contribution < -0.4 is 4.74 Å². The molecule has 1 aromatic carbocycles. The Morgan fingerprint density at radius 1 is 1.18 bits per heavy atom. The first-order chi connectivity index (χ1) is 8.33. The van der Waals surface area contributed by atoms with Crippen molar-refractivity contribution in [2.24, 2.45) is 0 Å². The van der Waals surface area contributed by atoms with Crippen molar-refractivity contribution in [1.82, 2.24) is 9.97 Å². The van der Waals surface area contributed by atoms with Gasteiger partial charge in [-0.15, -0.1) is 0 Å². The minimum atomic E-state index is 0.695. The van der Waals surface area contributed by atoms with Crippen LogP contribution in [0.5, 0.6) is 5.75 Å². The van der Waals surface area contributed by atoms with Gasteiger partial charge in [0.2, 0.25) is 0 Å². The van der Waals surface area contributed by atoms with Crippen molar-refractivity contribution in [3.63, 3.8) is 0 Å².